The molecule has 0 aliphatic heterocycles. The second-order valence-corrected chi connectivity index (χ2v) is 13.1. The Morgan fingerprint density at radius 3 is 2.68 bits per heavy atom. The molecule has 1 aromatic carbocycles. The van der Waals surface area contributed by atoms with Crippen molar-refractivity contribution in [1.82, 2.24) is 0 Å². The van der Waals surface area contributed by atoms with E-state index in [1.807, 2.05) is 12.1 Å². The summed E-state index contributed by atoms with van der Waals surface area (Å²) in [6.45, 7) is 8.83. The van der Waals surface area contributed by atoms with E-state index in [-0.39, 0.29) is 36.8 Å². The molecule has 0 bridgehead atoms. The van der Waals surface area contributed by atoms with Crippen LogP contribution in [0.25, 0.3) is 0 Å². The Kier molecular flexibility index (Phi) is 10.6. The molecule has 8 atom stereocenters. The average Bonchev–Trinajstić information content (AvgIpc) is 3.18. The molecular formula is C33H52O5. The van der Waals surface area contributed by atoms with Gasteiger partial charge in [-0.05, 0) is 104 Å². The molecule has 2 N–H and O–H groups in total. The highest BCUT2D eigenvalue weighted by molar-refractivity contribution is 5.71. The molecule has 4 rings (SSSR count). The summed E-state index contributed by atoms with van der Waals surface area (Å²) < 4.78 is 12.0. The normalized spacial score (nSPS) is 31.5. The highest BCUT2D eigenvalue weighted by Gasteiger charge is 2.45. The Morgan fingerprint density at radius 1 is 1.11 bits per heavy atom. The van der Waals surface area contributed by atoms with Crippen LogP contribution in [-0.2, 0) is 22.4 Å². The number of carbonyl (C=O) groups excluding carboxylic acids is 1. The van der Waals surface area contributed by atoms with Gasteiger partial charge in [0.25, 0.3) is 0 Å². The van der Waals surface area contributed by atoms with Crippen LogP contribution in [0.3, 0.4) is 0 Å². The Morgan fingerprint density at radius 2 is 1.92 bits per heavy atom. The predicted molar refractivity (Wildman–Crippen MR) is 151 cm³/mol. The molecule has 2 fully saturated rings. The lowest BCUT2D eigenvalue weighted by Crippen LogP contribution is -2.37. The smallest absolute Gasteiger partial charge is 0.344 e. The van der Waals surface area contributed by atoms with Gasteiger partial charge in [-0.25, -0.2) is 4.79 Å². The number of carbonyl (C=O) groups is 1. The van der Waals surface area contributed by atoms with Crippen LogP contribution < -0.4 is 4.74 Å². The Labute approximate surface area is 230 Å². The number of fused-ring (bicyclic) bond motifs is 2. The Balaban J connectivity index is 1.33. The summed E-state index contributed by atoms with van der Waals surface area (Å²) in [7, 11) is 0. The molecule has 0 radical (unpaired) electrons. The van der Waals surface area contributed by atoms with Gasteiger partial charge in [0.2, 0.25) is 0 Å². The first-order chi connectivity index (χ1) is 18.3. The molecule has 5 nitrogen and oxygen atoms in total. The standard InChI is InChI=1S/C33H52O5/c1-5-6-7-10-25(34)13-15-27-28-17-23-9-8-11-31(29(23)18-24(28)19-30(27)35)37-20-33(36)38-32-16-22(4)12-14-26(32)21(2)3/h8-9,11,21-22,24-28,30,32,34-35H,5-7,10,12-20H2,1-4H3/t22-,24+,25-,26?,27-,28+,30-,32-/m1/s1. The number of esters is 1. The second kappa shape index (κ2) is 13.7. The van der Waals surface area contributed by atoms with Crippen LogP contribution in [0, 0.1) is 35.5 Å². The van der Waals surface area contributed by atoms with Gasteiger partial charge >= 0.3 is 5.97 Å². The van der Waals surface area contributed by atoms with E-state index in [2.05, 4.69) is 33.8 Å². The minimum Gasteiger partial charge on any atom is -0.482 e. The van der Waals surface area contributed by atoms with Gasteiger partial charge in [0.05, 0.1) is 12.2 Å². The lowest BCUT2D eigenvalue weighted by atomic mass is 9.73. The van der Waals surface area contributed by atoms with Gasteiger partial charge in [0, 0.05) is 0 Å². The fraction of sp³-hybridized carbons (Fsp3) is 0.788. The van der Waals surface area contributed by atoms with Gasteiger partial charge in [-0.2, -0.15) is 0 Å². The van der Waals surface area contributed by atoms with Crippen LogP contribution in [0.15, 0.2) is 18.2 Å². The number of aliphatic hydroxyl groups excluding tert-OH is 2. The van der Waals surface area contributed by atoms with E-state index in [0.29, 0.717) is 29.6 Å². The fourth-order valence-corrected chi connectivity index (χ4v) is 7.69. The highest BCUT2D eigenvalue weighted by atomic mass is 16.6. The minimum atomic E-state index is -0.298. The third kappa shape index (κ3) is 7.33. The summed E-state index contributed by atoms with van der Waals surface area (Å²) in [5, 5.41) is 21.4. The molecule has 214 valence electrons. The third-order valence-electron chi connectivity index (χ3n) is 9.91. The molecule has 2 saturated carbocycles. The Hall–Kier alpha value is -1.59. The number of ether oxygens (including phenoxy) is 2. The third-order valence-corrected chi connectivity index (χ3v) is 9.91. The summed E-state index contributed by atoms with van der Waals surface area (Å²) in [6, 6.07) is 6.17. The van der Waals surface area contributed by atoms with Crippen LogP contribution in [0.4, 0.5) is 0 Å². The monoisotopic (exact) mass is 528 g/mol. The molecule has 5 heteroatoms. The van der Waals surface area contributed by atoms with E-state index in [1.165, 1.54) is 30.4 Å². The maximum Gasteiger partial charge on any atom is 0.344 e. The zero-order chi connectivity index (χ0) is 27.2. The minimum absolute atomic E-state index is 0.0117. The van der Waals surface area contributed by atoms with Gasteiger partial charge < -0.3 is 19.7 Å². The average molecular weight is 529 g/mol. The molecule has 38 heavy (non-hydrogen) atoms. The first-order valence-electron chi connectivity index (χ1n) is 15.6. The van der Waals surface area contributed by atoms with E-state index in [1.54, 1.807) is 0 Å². The first-order valence-corrected chi connectivity index (χ1v) is 15.6. The highest BCUT2D eigenvalue weighted by Crippen LogP contribution is 2.48. The van der Waals surface area contributed by atoms with Crippen LogP contribution in [0.2, 0.25) is 0 Å². The molecule has 1 aromatic rings. The van der Waals surface area contributed by atoms with Crippen LogP contribution in [-0.4, -0.2) is 41.1 Å². The van der Waals surface area contributed by atoms with Crippen LogP contribution >= 0.6 is 0 Å². The second-order valence-electron chi connectivity index (χ2n) is 13.1. The number of rotatable bonds is 12. The first kappa shape index (κ1) is 29.4. The number of hydrogen-bond acceptors (Lipinski definition) is 5. The summed E-state index contributed by atoms with van der Waals surface area (Å²) in [5.74, 6) is 3.16. The lowest BCUT2D eigenvalue weighted by molar-refractivity contribution is -0.158. The molecule has 0 saturated heterocycles. The van der Waals surface area contributed by atoms with E-state index < -0.39 is 0 Å². The van der Waals surface area contributed by atoms with Crippen molar-refractivity contribution in [2.75, 3.05) is 6.61 Å². The molecule has 3 aliphatic carbocycles. The summed E-state index contributed by atoms with van der Waals surface area (Å²) >= 11 is 0. The molecule has 0 aromatic heterocycles. The number of hydrogen-bond donors (Lipinski definition) is 2. The topological polar surface area (TPSA) is 76.0 Å². The van der Waals surface area contributed by atoms with Crippen molar-refractivity contribution in [3.63, 3.8) is 0 Å². The maximum atomic E-state index is 12.8. The predicted octanol–water partition coefficient (Wildman–Crippen LogP) is 6.50. The van der Waals surface area contributed by atoms with Gasteiger partial charge in [0.15, 0.2) is 6.61 Å². The zero-order valence-electron chi connectivity index (χ0n) is 24.2. The summed E-state index contributed by atoms with van der Waals surface area (Å²) in [5.41, 5.74) is 2.47. The molecule has 3 aliphatic rings. The van der Waals surface area contributed by atoms with Gasteiger partial charge in [-0.15, -0.1) is 0 Å². The zero-order valence-corrected chi connectivity index (χ0v) is 24.2. The van der Waals surface area contributed by atoms with Crippen molar-refractivity contribution >= 4 is 5.97 Å². The largest absolute Gasteiger partial charge is 0.482 e. The fourth-order valence-electron chi connectivity index (χ4n) is 7.69. The molecule has 0 heterocycles. The summed E-state index contributed by atoms with van der Waals surface area (Å²) in [6.07, 6.45) is 11.3. The van der Waals surface area contributed by atoms with E-state index in [4.69, 9.17) is 9.47 Å². The number of aliphatic hydroxyl groups is 2. The van der Waals surface area contributed by atoms with Crippen molar-refractivity contribution < 1.29 is 24.5 Å². The molecular weight excluding hydrogens is 476 g/mol. The van der Waals surface area contributed by atoms with Crippen molar-refractivity contribution in [2.45, 2.75) is 123 Å². The van der Waals surface area contributed by atoms with Crippen molar-refractivity contribution in [2.24, 2.45) is 35.5 Å². The number of unbranched alkanes of at least 4 members (excludes halogenated alkanes) is 2. The molecule has 0 amide bonds. The quantitative estimate of drug-likeness (QED) is 0.239. The molecule has 0 spiro atoms. The Bertz CT molecular complexity index is 897. The van der Waals surface area contributed by atoms with Crippen molar-refractivity contribution in [1.29, 1.82) is 0 Å². The van der Waals surface area contributed by atoms with Crippen LogP contribution in [0.5, 0.6) is 5.75 Å². The maximum absolute atomic E-state index is 12.8. The van der Waals surface area contributed by atoms with Gasteiger partial charge in [-0.1, -0.05) is 65.5 Å². The van der Waals surface area contributed by atoms with Gasteiger partial charge in [-0.3, -0.25) is 0 Å². The van der Waals surface area contributed by atoms with Crippen molar-refractivity contribution in [3.8, 4) is 5.75 Å². The molecule has 1 unspecified atom stereocenters. The van der Waals surface area contributed by atoms with E-state index >= 15 is 0 Å². The van der Waals surface area contributed by atoms with E-state index in [0.717, 1.165) is 63.5 Å². The SMILES string of the molecule is CCCCC[C@@H](O)CC[C@@H]1[C@H]2Cc3cccc(OCC(=O)O[C@@H]4C[C@H](C)CCC4C(C)C)c3C[C@H]2C[C@H]1O. The number of benzene rings is 1. The lowest BCUT2D eigenvalue weighted by Gasteiger charge is -2.36. The van der Waals surface area contributed by atoms with Gasteiger partial charge in [0.1, 0.15) is 11.9 Å². The van der Waals surface area contributed by atoms with Crippen molar-refractivity contribution in [3.05, 3.63) is 29.3 Å². The summed E-state index contributed by atoms with van der Waals surface area (Å²) in [4.78, 5) is 12.8. The van der Waals surface area contributed by atoms with Crippen LogP contribution in [0.1, 0.15) is 103 Å². The van der Waals surface area contributed by atoms with E-state index in [9.17, 15) is 15.0 Å².